The van der Waals surface area contributed by atoms with Gasteiger partial charge >= 0.3 is 0 Å². The van der Waals surface area contributed by atoms with Crippen LogP contribution >= 0.6 is 0 Å². The fourth-order valence-corrected chi connectivity index (χ4v) is 1.65. The van der Waals surface area contributed by atoms with Crippen LogP contribution in [-0.4, -0.2) is 7.85 Å². The van der Waals surface area contributed by atoms with Gasteiger partial charge in [-0.15, -0.1) is 0 Å². The van der Waals surface area contributed by atoms with Crippen LogP contribution < -0.4 is 10.8 Å². The summed E-state index contributed by atoms with van der Waals surface area (Å²) >= 11 is 0. The molecule has 0 aromatic heterocycles. The Bertz CT molecular complexity index is 585. The van der Waals surface area contributed by atoms with Crippen LogP contribution in [-0.2, 0) is 0 Å². The van der Waals surface area contributed by atoms with Crippen LogP contribution in [0.1, 0.15) is 11.1 Å². The third-order valence-corrected chi connectivity index (χ3v) is 2.52. The van der Waals surface area contributed by atoms with Gasteiger partial charge in [0.1, 0.15) is 7.85 Å². The van der Waals surface area contributed by atoms with E-state index in [1.54, 1.807) is 0 Å². The molecule has 0 fully saturated rings. The lowest BCUT2D eigenvalue weighted by Crippen LogP contribution is -2.02. The van der Waals surface area contributed by atoms with Crippen molar-refractivity contribution < 1.29 is 0 Å². The lowest BCUT2D eigenvalue weighted by molar-refractivity contribution is 1.39. The van der Waals surface area contributed by atoms with Crippen molar-refractivity contribution >= 4 is 24.7 Å². The van der Waals surface area contributed by atoms with E-state index < -0.39 is 0 Å². The summed E-state index contributed by atoms with van der Waals surface area (Å²) in [5.74, 6) is 0. The maximum atomic E-state index is 8.85. The van der Waals surface area contributed by atoms with E-state index in [0.29, 0.717) is 5.56 Å². The van der Waals surface area contributed by atoms with E-state index in [4.69, 9.17) is 13.1 Å². The molecule has 2 radical (unpaired) electrons. The number of hydrogen-bond acceptors (Lipinski definition) is 2. The van der Waals surface area contributed by atoms with Crippen LogP contribution in [0, 0.1) is 18.3 Å². The van der Waals surface area contributed by atoms with Gasteiger partial charge < -0.3 is 5.32 Å². The predicted octanol–water partition coefficient (Wildman–Crippen LogP) is 2.40. The fraction of sp³-hybridized carbons (Fsp3) is 0.0714. The minimum Gasteiger partial charge on any atom is -0.356 e. The molecular weight excluding hydrogens is 207 g/mol. The van der Waals surface area contributed by atoms with Crippen LogP contribution in [0.2, 0.25) is 0 Å². The summed E-state index contributed by atoms with van der Waals surface area (Å²) in [5, 5.41) is 12.1. The van der Waals surface area contributed by atoms with Crippen molar-refractivity contribution in [3.8, 4) is 6.07 Å². The lowest BCUT2D eigenvalue weighted by atomic mass is 9.96. The van der Waals surface area contributed by atoms with E-state index >= 15 is 0 Å². The Morgan fingerprint density at radius 2 is 1.88 bits per heavy atom. The van der Waals surface area contributed by atoms with Crippen LogP contribution in [0.4, 0.5) is 11.4 Å². The summed E-state index contributed by atoms with van der Waals surface area (Å²) in [6, 6.07) is 15.3. The van der Waals surface area contributed by atoms with Crippen molar-refractivity contribution in [2.45, 2.75) is 6.92 Å². The zero-order valence-corrected chi connectivity index (χ0v) is 9.57. The Hall–Kier alpha value is -2.21. The molecule has 80 valence electrons. The number of aryl methyl sites for hydroxylation is 1. The first kappa shape index (κ1) is 11.3. The molecule has 2 aromatic rings. The zero-order valence-electron chi connectivity index (χ0n) is 9.57. The molecular formula is C14H11BN2. The Labute approximate surface area is 102 Å². The molecule has 2 rings (SSSR count). The second-order valence-electron chi connectivity index (χ2n) is 3.89. The molecule has 3 heteroatoms. The van der Waals surface area contributed by atoms with Gasteiger partial charge in [-0.05, 0) is 42.8 Å². The molecule has 0 saturated carbocycles. The SMILES string of the molecule is [B]c1cccc(Nc2ccc(C#N)c(C)c2)c1. The van der Waals surface area contributed by atoms with Gasteiger partial charge in [-0.3, -0.25) is 0 Å². The van der Waals surface area contributed by atoms with Gasteiger partial charge in [0.25, 0.3) is 0 Å². The molecule has 2 aromatic carbocycles. The van der Waals surface area contributed by atoms with Gasteiger partial charge in [-0.25, -0.2) is 0 Å². The van der Waals surface area contributed by atoms with E-state index in [1.165, 1.54) is 0 Å². The van der Waals surface area contributed by atoms with Crippen LogP contribution in [0.3, 0.4) is 0 Å². The smallest absolute Gasteiger partial charge is 0.113 e. The van der Waals surface area contributed by atoms with E-state index in [1.807, 2.05) is 49.4 Å². The van der Waals surface area contributed by atoms with E-state index in [9.17, 15) is 0 Å². The molecule has 0 aliphatic heterocycles. The van der Waals surface area contributed by atoms with Gasteiger partial charge in [-0.1, -0.05) is 17.6 Å². The van der Waals surface area contributed by atoms with Crippen molar-refractivity contribution in [3.05, 3.63) is 53.6 Å². The third kappa shape index (κ3) is 2.67. The summed E-state index contributed by atoms with van der Waals surface area (Å²) < 4.78 is 0. The maximum absolute atomic E-state index is 8.85. The quantitative estimate of drug-likeness (QED) is 0.785. The van der Waals surface area contributed by atoms with Crippen molar-refractivity contribution in [1.29, 1.82) is 5.26 Å². The van der Waals surface area contributed by atoms with Crippen molar-refractivity contribution in [3.63, 3.8) is 0 Å². The average Bonchev–Trinajstić information content (AvgIpc) is 2.29. The molecule has 0 aliphatic carbocycles. The Balaban J connectivity index is 2.25. The molecule has 0 heterocycles. The summed E-state index contributed by atoms with van der Waals surface area (Å²) in [6.45, 7) is 1.92. The number of hydrogen-bond donors (Lipinski definition) is 1. The van der Waals surface area contributed by atoms with E-state index in [2.05, 4.69) is 11.4 Å². The molecule has 0 aliphatic rings. The fourth-order valence-electron chi connectivity index (χ4n) is 1.65. The number of nitrogens with one attached hydrogen (secondary N) is 1. The van der Waals surface area contributed by atoms with E-state index in [-0.39, 0.29) is 0 Å². The van der Waals surface area contributed by atoms with Gasteiger partial charge in [0.05, 0.1) is 11.6 Å². The maximum Gasteiger partial charge on any atom is 0.113 e. The average molecular weight is 218 g/mol. The Morgan fingerprint density at radius 1 is 1.12 bits per heavy atom. The lowest BCUT2D eigenvalue weighted by Gasteiger charge is -2.08. The zero-order chi connectivity index (χ0) is 12.3. The molecule has 0 unspecified atom stereocenters. The first-order chi connectivity index (χ1) is 8.19. The monoisotopic (exact) mass is 218 g/mol. The summed E-state index contributed by atoms with van der Waals surface area (Å²) in [7, 11) is 5.70. The topological polar surface area (TPSA) is 35.8 Å². The summed E-state index contributed by atoms with van der Waals surface area (Å²) in [5.41, 5.74) is 4.27. The van der Waals surface area contributed by atoms with Crippen LogP contribution in [0.25, 0.3) is 0 Å². The highest BCUT2D eigenvalue weighted by molar-refractivity contribution is 6.32. The van der Waals surface area contributed by atoms with Gasteiger partial charge in [0.15, 0.2) is 0 Å². The molecule has 0 spiro atoms. The Kier molecular flexibility index (Phi) is 3.16. The molecule has 0 amide bonds. The molecule has 0 saturated heterocycles. The van der Waals surface area contributed by atoms with E-state index in [0.717, 1.165) is 22.4 Å². The second-order valence-corrected chi connectivity index (χ2v) is 3.89. The number of rotatable bonds is 2. The molecule has 0 bridgehead atoms. The summed E-state index contributed by atoms with van der Waals surface area (Å²) in [6.07, 6.45) is 0. The second kappa shape index (κ2) is 4.75. The molecule has 2 nitrogen and oxygen atoms in total. The number of nitriles is 1. The van der Waals surface area contributed by atoms with Crippen LogP contribution in [0.5, 0.6) is 0 Å². The Morgan fingerprint density at radius 3 is 2.53 bits per heavy atom. The van der Waals surface area contributed by atoms with Gasteiger partial charge in [0.2, 0.25) is 0 Å². The van der Waals surface area contributed by atoms with Crippen molar-refractivity contribution in [2.75, 3.05) is 5.32 Å². The largest absolute Gasteiger partial charge is 0.356 e. The van der Waals surface area contributed by atoms with Crippen LogP contribution in [0.15, 0.2) is 42.5 Å². The number of anilines is 2. The normalized spacial score (nSPS) is 9.65. The third-order valence-electron chi connectivity index (χ3n) is 2.52. The molecule has 1 N–H and O–H groups in total. The number of nitrogens with zero attached hydrogens (tertiary/aromatic N) is 1. The highest BCUT2D eigenvalue weighted by atomic mass is 14.9. The predicted molar refractivity (Wildman–Crippen MR) is 71.0 cm³/mol. The highest BCUT2D eigenvalue weighted by Crippen LogP contribution is 2.18. The standard InChI is InChI=1S/C14H11BN2/c1-10-7-14(6-5-11(10)9-16)17-13-4-2-3-12(15)8-13/h2-8,17H,1H3. The molecule has 17 heavy (non-hydrogen) atoms. The first-order valence-electron chi connectivity index (χ1n) is 5.32. The highest BCUT2D eigenvalue weighted by Gasteiger charge is 1.99. The number of benzene rings is 2. The minimum atomic E-state index is 0.697. The van der Waals surface area contributed by atoms with Crippen molar-refractivity contribution in [2.24, 2.45) is 0 Å². The first-order valence-corrected chi connectivity index (χ1v) is 5.32. The summed E-state index contributed by atoms with van der Waals surface area (Å²) in [4.78, 5) is 0. The van der Waals surface area contributed by atoms with Gasteiger partial charge in [0, 0.05) is 11.4 Å². The van der Waals surface area contributed by atoms with Gasteiger partial charge in [-0.2, -0.15) is 5.26 Å². The molecule has 0 atom stereocenters. The minimum absolute atomic E-state index is 0.697. The van der Waals surface area contributed by atoms with Crippen molar-refractivity contribution in [1.82, 2.24) is 0 Å².